The van der Waals surface area contributed by atoms with Crippen molar-refractivity contribution in [1.29, 1.82) is 0 Å². The quantitative estimate of drug-likeness (QED) is 0.698. The molecule has 0 aliphatic carbocycles. The Balaban J connectivity index is 2.33. The highest BCUT2D eigenvalue weighted by Crippen LogP contribution is 2.26. The third-order valence-corrected chi connectivity index (χ3v) is 3.29. The normalized spacial score (nSPS) is 22.5. The zero-order valence-electron chi connectivity index (χ0n) is 10.3. The lowest BCUT2D eigenvalue weighted by molar-refractivity contribution is -0.142. The zero-order chi connectivity index (χ0) is 14.2. The van der Waals surface area contributed by atoms with E-state index in [1.54, 1.807) is 6.92 Å². The summed E-state index contributed by atoms with van der Waals surface area (Å²) in [6.45, 7) is 2.09. The van der Waals surface area contributed by atoms with Gasteiger partial charge in [0.2, 0.25) is 0 Å². The van der Waals surface area contributed by atoms with E-state index in [1.165, 1.54) is 4.90 Å². The average Bonchev–Trinajstić information content (AvgIpc) is 2.68. The highest BCUT2D eigenvalue weighted by molar-refractivity contribution is 5.97. The van der Waals surface area contributed by atoms with Gasteiger partial charge in [0.05, 0.1) is 5.56 Å². The molecule has 19 heavy (non-hydrogen) atoms. The minimum Gasteiger partial charge on any atom is -0.494 e. The van der Waals surface area contributed by atoms with E-state index >= 15 is 0 Å². The number of aromatic amines is 1. The van der Waals surface area contributed by atoms with Gasteiger partial charge in [-0.25, -0.2) is 4.79 Å². The molecule has 1 fully saturated rings. The van der Waals surface area contributed by atoms with Crippen LogP contribution < -0.4 is 5.56 Å². The minimum absolute atomic E-state index is 0.0124. The van der Waals surface area contributed by atoms with E-state index in [-0.39, 0.29) is 11.5 Å². The second-order valence-electron chi connectivity index (χ2n) is 4.67. The molecule has 102 valence electrons. The average molecular weight is 266 g/mol. The van der Waals surface area contributed by atoms with Crippen LogP contribution >= 0.6 is 0 Å². The molecule has 0 saturated carbocycles. The van der Waals surface area contributed by atoms with Gasteiger partial charge in [-0.05, 0) is 12.3 Å². The lowest BCUT2D eigenvalue weighted by atomic mass is 10.0. The molecule has 1 aliphatic heterocycles. The van der Waals surface area contributed by atoms with Crippen molar-refractivity contribution in [2.45, 2.75) is 19.4 Å². The molecule has 0 bridgehead atoms. The summed E-state index contributed by atoms with van der Waals surface area (Å²) in [7, 11) is 0. The van der Waals surface area contributed by atoms with Crippen LogP contribution in [0.4, 0.5) is 0 Å². The van der Waals surface area contributed by atoms with Gasteiger partial charge in [-0.2, -0.15) is 0 Å². The Morgan fingerprint density at radius 2 is 2.11 bits per heavy atom. The van der Waals surface area contributed by atoms with E-state index < -0.39 is 29.4 Å². The van der Waals surface area contributed by atoms with Crippen molar-refractivity contribution < 1.29 is 19.8 Å². The van der Waals surface area contributed by atoms with Crippen molar-refractivity contribution in [2.75, 3.05) is 6.54 Å². The Morgan fingerprint density at radius 3 is 2.68 bits per heavy atom. The van der Waals surface area contributed by atoms with E-state index in [1.807, 2.05) is 0 Å². The molecule has 7 heteroatoms. The number of nitrogens with zero attached hydrogens (tertiary/aromatic N) is 1. The number of hydrogen-bond donors (Lipinski definition) is 3. The van der Waals surface area contributed by atoms with Crippen molar-refractivity contribution in [1.82, 2.24) is 9.88 Å². The predicted molar refractivity (Wildman–Crippen MR) is 65.0 cm³/mol. The van der Waals surface area contributed by atoms with Gasteiger partial charge in [-0.1, -0.05) is 6.92 Å². The SMILES string of the molecule is CC1CCN(C(=O)c2cc(O)[nH]c(=O)c2)C1C(=O)O. The summed E-state index contributed by atoms with van der Waals surface area (Å²) in [6, 6.07) is 1.27. The highest BCUT2D eigenvalue weighted by atomic mass is 16.4. The molecule has 0 radical (unpaired) electrons. The lowest BCUT2D eigenvalue weighted by Crippen LogP contribution is -2.43. The van der Waals surface area contributed by atoms with Crippen LogP contribution in [-0.4, -0.2) is 44.6 Å². The molecular weight excluding hydrogens is 252 g/mol. The molecule has 1 aliphatic rings. The number of aromatic hydroxyl groups is 1. The molecule has 2 heterocycles. The molecule has 1 saturated heterocycles. The first kappa shape index (κ1) is 13.1. The van der Waals surface area contributed by atoms with Gasteiger partial charge in [0.15, 0.2) is 5.88 Å². The summed E-state index contributed by atoms with van der Waals surface area (Å²) in [6.07, 6.45) is 0.595. The Morgan fingerprint density at radius 1 is 1.42 bits per heavy atom. The van der Waals surface area contributed by atoms with E-state index in [9.17, 15) is 19.5 Å². The van der Waals surface area contributed by atoms with E-state index in [2.05, 4.69) is 4.98 Å². The van der Waals surface area contributed by atoms with Gasteiger partial charge in [0.25, 0.3) is 11.5 Å². The maximum Gasteiger partial charge on any atom is 0.326 e. The van der Waals surface area contributed by atoms with Gasteiger partial charge in [-0.15, -0.1) is 0 Å². The molecular formula is C12H14N2O5. The van der Waals surface area contributed by atoms with Gasteiger partial charge in [0, 0.05) is 18.7 Å². The molecule has 1 aromatic heterocycles. The molecule has 1 amide bonds. The van der Waals surface area contributed by atoms with E-state index in [4.69, 9.17) is 5.11 Å². The monoisotopic (exact) mass is 266 g/mol. The highest BCUT2D eigenvalue weighted by Gasteiger charge is 2.39. The van der Waals surface area contributed by atoms with Crippen LogP contribution in [0, 0.1) is 5.92 Å². The number of carboxylic acid groups (broad SMARTS) is 1. The standard InChI is InChI=1S/C12H14N2O5/c1-6-2-3-14(10(6)12(18)19)11(17)7-4-8(15)13-9(16)5-7/h4-6,10H,2-3H2,1H3,(H,18,19)(H2,13,15,16). The second kappa shape index (κ2) is 4.75. The molecule has 3 N–H and O–H groups in total. The summed E-state index contributed by atoms with van der Waals surface area (Å²) in [5, 5.41) is 18.4. The van der Waals surface area contributed by atoms with Crippen LogP contribution in [0.3, 0.4) is 0 Å². The van der Waals surface area contributed by atoms with Crippen LogP contribution in [0.25, 0.3) is 0 Å². The fraction of sp³-hybridized carbons (Fsp3) is 0.417. The first-order valence-corrected chi connectivity index (χ1v) is 5.87. The third-order valence-electron chi connectivity index (χ3n) is 3.29. The molecule has 1 aromatic rings. The number of carbonyl (C=O) groups is 2. The van der Waals surface area contributed by atoms with Crippen molar-refractivity contribution in [3.63, 3.8) is 0 Å². The summed E-state index contributed by atoms with van der Waals surface area (Å²) in [4.78, 5) is 37.9. The predicted octanol–water partition coefficient (Wildman–Crippen LogP) is 0.0157. The molecule has 2 unspecified atom stereocenters. The number of pyridine rings is 1. The molecule has 2 rings (SSSR count). The number of H-pyrrole nitrogens is 1. The Bertz CT molecular complexity index is 580. The number of nitrogens with one attached hydrogen (secondary N) is 1. The van der Waals surface area contributed by atoms with Crippen molar-refractivity contribution in [2.24, 2.45) is 5.92 Å². The Labute approximate surface area is 108 Å². The van der Waals surface area contributed by atoms with Gasteiger partial charge >= 0.3 is 5.97 Å². The van der Waals surface area contributed by atoms with E-state index in [0.29, 0.717) is 13.0 Å². The number of amides is 1. The molecule has 7 nitrogen and oxygen atoms in total. The van der Waals surface area contributed by atoms with Gasteiger partial charge < -0.3 is 15.1 Å². The lowest BCUT2D eigenvalue weighted by Gasteiger charge is -2.23. The Kier molecular flexibility index (Phi) is 3.28. The van der Waals surface area contributed by atoms with Gasteiger partial charge in [0.1, 0.15) is 6.04 Å². The number of rotatable bonds is 2. The van der Waals surface area contributed by atoms with Crippen LogP contribution in [0.1, 0.15) is 23.7 Å². The third kappa shape index (κ3) is 2.44. The first-order valence-electron chi connectivity index (χ1n) is 5.87. The van der Waals surface area contributed by atoms with Crippen LogP contribution in [0.2, 0.25) is 0 Å². The number of aromatic nitrogens is 1. The summed E-state index contributed by atoms with van der Waals surface area (Å²) < 4.78 is 0. The summed E-state index contributed by atoms with van der Waals surface area (Å²) >= 11 is 0. The minimum atomic E-state index is -1.06. The van der Waals surface area contributed by atoms with E-state index in [0.717, 1.165) is 12.1 Å². The largest absolute Gasteiger partial charge is 0.494 e. The second-order valence-corrected chi connectivity index (χ2v) is 4.67. The Hall–Kier alpha value is -2.31. The van der Waals surface area contributed by atoms with Crippen LogP contribution in [0.15, 0.2) is 16.9 Å². The number of carboxylic acids is 1. The maximum atomic E-state index is 12.2. The fourth-order valence-corrected chi connectivity index (χ4v) is 2.37. The number of likely N-dealkylation sites (tertiary alicyclic amines) is 1. The molecule has 0 spiro atoms. The zero-order valence-corrected chi connectivity index (χ0v) is 10.3. The number of hydrogen-bond acceptors (Lipinski definition) is 4. The first-order chi connectivity index (χ1) is 8.90. The van der Waals surface area contributed by atoms with Gasteiger partial charge in [-0.3, -0.25) is 14.6 Å². The van der Waals surface area contributed by atoms with Crippen LogP contribution in [-0.2, 0) is 4.79 Å². The van der Waals surface area contributed by atoms with Crippen molar-refractivity contribution in [3.8, 4) is 5.88 Å². The summed E-state index contributed by atoms with van der Waals surface area (Å²) in [5.41, 5.74) is -0.621. The van der Waals surface area contributed by atoms with Crippen molar-refractivity contribution >= 4 is 11.9 Å². The number of carbonyl (C=O) groups excluding carboxylic acids is 1. The maximum absolute atomic E-state index is 12.2. The fourth-order valence-electron chi connectivity index (χ4n) is 2.37. The molecule has 0 aromatic carbocycles. The van der Waals surface area contributed by atoms with Crippen molar-refractivity contribution in [3.05, 3.63) is 28.0 Å². The number of aliphatic carboxylic acids is 1. The summed E-state index contributed by atoms with van der Waals surface area (Å²) in [5.74, 6) is -2.18. The molecule has 2 atom stereocenters. The topological polar surface area (TPSA) is 111 Å². The van der Waals surface area contributed by atoms with Crippen LogP contribution in [0.5, 0.6) is 5.88 Å². The smallest absolute Gasteiger partial charge is 0.326 e.